The summed E-state index contributed by atoms with van der Waals surface area (Å²) in [5.41, 5.74) is 1.60. The standard InChI is InChI=1S/C23H27NO8S/c1-27-17-11-9-15(10-12-17)13-24-19-21(32-33(3,25)26)20-18(30-23(19)28-2)14-29-22(31-20)16-7-5-4-6-8-16/h4-13,18-23H,14H2,1-3H3/t18-,19-,20-,21-,22-,23-/m0/s1. The van der Waals surface area contributed by atoms with Crippen LogP contribution in [-0.2, 0) is 33.2 Å². The molecular weight excluding hydrogens is 450 g/mol. The van der Waals surface area contributed by atoms with Gasteiger partial charge in [-0.1, -0.05) is 30.3 Å². The predicted molar refractivity (Wildman–Crippen MR) is 120 cm³/mol. The van der Waals surface area contributed by atoms with Crippen molar-refractivity contribution in [3.63, 3.8) is 0 Å². The quantitative estimate of drug-likeness (QED) is 0.442. The highest BCUT2D eigenvalue weighted by Crippen LogP contribution is 2.37. The summed E-state index contributed by atoms with van der Waals surface area (Å²) in [6.07, 6.45) is -1.24. The first-order chi connectivity index (χ1) is 15.9. The van der Waals surface area contributed by atoms with Gasteiger partial charge in [-0.2, -0.15) is 8.42 Å². The maximum Gasteiger partial charge on any atom is 0.264 e. The van der Waals surface area contributed by atoms with E-state index in [0.717, 1.165) is 17.4 Å². The molecule has 178 valence electrons. The highest BCUT2D eigenvalue weighted by atomic mass is 32.2. The summed E-state index contributed by atoms with van der Waals surface area (Å²) < 4.78 is 58.5. The van der Waals surface area contributed by atoms with E-state index < -0.39 is 47.1 Å². The van der Waals surface area contributed by atoms with Crippen LogP contribution < -0.4 is 4.74 Å². The molecular formula is C23H27NO8S. The average molecular weight is 478 g/mol. The van der Waals surface area contributed by atoms with Crippen molar-refractivity contribution in [1.82, 2.24) is 0 Å². The summed E-state index contributed by atoms with van der Waals surface area (Å²) in [5, 5.41) is 0. The number of rotatable bonds is 7. The van der Waals surface area contributed by atoms with E-state index in [1.165, 1.54) is 7.11 Å². The van der Waals surface area contributed by atoms with E-state index in [9.17, 15) is 8.42 Å². The van der Waals surface area contributed by atoms with Gasteiger partial charge in [0.1, 0.15) is 30.1 Å². The molecule has 6 atom stereocenters. The molecule has 0 aliphatic carbocycles. The van der Waals surface area contributed by atoms with Crippen molar-refractivity contribution in [2.75, 3.05) is 27.1 Å². The van der Waals surface area contributed by atoms with Gasteiger partial charge in [0.2, 0.25) is 0 Å². The lowest BCUT2D eigenvalue weighted by atomic mass is 9.96. The van der Waals surface area contributed by atoms with Crippen LogP contribution in [0.5, 0.6) is 5.75 Å². The van der Waals surface area contributed by atoms with Gasteiger partial charge < -0.3 is 23.7 Å². The Morgan fingerprint density at radius 3 is 2.39 bits per heavy atom. The number of hydrogen-bond donors (Lipinski definition) is 0. The lowest BCUT2D eigenvalue weighted by Gasteiger charge is -2.47. The molecule has 2 heterocycles. The zero-order chi connectivity index (χ0) is 23.4. The first-order valence-corrected chi connectivity index (χ1v) is 12.3. The maximum atomic E-state index is 12.2. The molecule has 0 saturated carbocycles. The molecule has 4 rings (SSSR count). The molecule has 0 N–H and O–H groups in total. The molecule has 2 saturated heterocycles. The van der Waals surface area contributed by atoms with Gasteiger partial charge in [0.15, 0.2) is 12.6 Å². The molecule has 0 unspecified atom stereocenters. The fourth-order valence-corrected chi connectivity index (χ4v) is 4.49. The number of hydrogen-bond acceptors (Lipinski definition) is 9. The Hall–Kier alpha value is -2.34. The van der Waals surface area contributed by atoms with Crippen molar-refractivity contribution in [2.24, 2.45) is 4.99 Å². The second-order valence-corrected chi connectivity index (χ2v) is 9.36. The maximum absolute atomic E-state index is 12.2. The molecule has 0 bridgehead atoms. The fourth-order valence-electron chi connectivity index (χ4n) is 3.87. The Bertz CT molecular complexity index is 1040. The Morgan fingerprint density at radius 2 is 1.76 bits per heavy atom. The Balaban J connectivity index is 1.63. The fraction of sp³-hybridized carbons (Fsp3) is 0.435. The first-order valence-electron chi connectivity index (χ1n) is 10.4. The van der Waals surface area contributed by atoms with E-state index in [1.807, 2.05) is 42.5 Å². The van der Waals surface area contributed by atoms with Gasteiger partial charge in [-0.3, -0.25) is 9.18 Å². The normalized spacial score (nSPS) is 30.2. The van der Waals surface area contributed by atoms with Crippen LogP contribution in [0.15, 0.2) is 59.6 Å². The number of methoxy groups -OCH3 is 2. The van der Waals surface area contributed by atoms with E-state index in [2.05, 4.69) is 4.99 Å². The van der Waals surface area contributed by atoms with Crippen LogP contribution in [0.25, 0.3) is 0 Å². The van der Waals surface area contributed by atoms with Crippen molar-refractivity contribution in [2.45, 2.75) is 36.9 Å². The minimum absolute atomic E-state index is 0.183. The van der Waals surface area contributed by atoms with Gasteiger partial charge in [-0.05, 0) is 29.8 Å². The van der Waals surface area contributed by atoms with Crippen LogP contribution >= 0.6 is 0 Å². The third-order valence-electron chi connectivity index (χ3n) is 5.41. The smallest absolute Gasteiger partial charge is 0.264 e. The number of aliphatic imine (C=N–C) groups is 1. The second kappa shape index (κ2) is 10.3. The first kappa shape index (κ1) is 23.8. The van der Waals surface area contributed by atoms with Gasteiger partial charge in [0.25, 0.3) is 10.1 Å². The zero-order valence-electron chi connectivity index (χ0n) is 18.6. The molecule has 0 amide bonds. The molecule has 2 aromatic carbocycles. The summed E-state index contributed by atoms with van der Waals surface area (Å²) in [7, 11) is -0.778. The van der Waals surface area contributed by atoms with E-state index in [4.69, 9.17) is 27.9 Å². The van der Waals surface area contributed by atoms with Crippen LogP contribution in [0, 0.1) is 0 Å². The van der Waals surface area contributed by atoms with Crippen LogP contribution in [0.4, 0.5) is 0 Å². The topological polar surface area (TPSA) is 102 Å². The van der Waals surface area contributed by atoms with Crippen molar-refractivity contribution in [3.05, 3.63) is 65.7 Å². The second-order valence-electron chi connectivity index (χ2n) is 7.76. The monoisotopic (exact) mass is 477 g/mol. The zero-order valence-corrected chi connectivity index (χ0v) is 19.4. The molecule has 2 aliphatic rings. The lowest BCUT2D eigenvalue weighted by Crippen LogP contribution is -2.62. The largest absolute Gasteiger partial charge is 0.497 e. The van der Waals surface area contributed by atoms with E-state index in [-0.39, 0.29) is 6.61 Å². The Morgan fingerprint density at radius 1 is 1.03 bits per heavy atom. The number of benzene rings is 2. The van der Waals surface area contributed by atoms with Crippen LogP contribution in [0.3, 0.4) is 0 Å². The summed E-state index contributed by atoms with van der Waals surface area (Å²) >= 11 is 0. The molecule has 33 heavy (non-hydrogen) atoms. The molecule has 0 spiro atoms. The Kier molecular flexibility index (Phi) is 7.42. The number of fused-ring (bicyclic) bond motifs is 1. The summed E-state index contributed by atoms with van der Waals surface area (Å²) in [5.74, 6) is 0.714. The highest BCUT2D eigenvalue weighted by molar-refractivity contribution is 7.86. The van der Waals surface area contributed by atoms with Gasteiger partial charge >= 0.3 is 0 Å². The van der Waals surface area contributed by atoms with Crippen molar-refractivity contribution in [1.29, 1.82) is 0 Å². The van der Waals surface area contributed by atoms with Gasteiger partial charge in [-0.15, -0.1) is 0 Å². The predicted octanol–water partition coefficient (Wildman–Crippen LogP) is 2.31. The van der Waals surface area contributed by atoms with Crippen molar-refractivity contribution >= 4 is 16.3 Å². The van der Waals surface area contributed by atoms with Gasteiger partial charge in [-0.25, -0.2) is 0 Å². The molecule has 0 radical (unpaired) electrons. The Labute approximate surface area is 193 Å². The number of ether oxygens (including phenoxy) is 5. The lowest BCUT2D eigenvalue weighted by molar-refractivity contribution is -0.335. The van der Waals surface area contributed by atoms with Gasteiger partial charge in [0.05, 0.1) is 20.0 Å². The third-order valence-corrected chi connectivity index (χ3v) is 5.98. The summed E-state index contributed by atoms with van der Waals surface area (Å²) in [4.78, 5) is 4.59. The van der Waals surface area contributed by atoms with Crippen LogP contribution in [0.1, 0.15) is 17.4 Å². The highest BCUT2D eigenvalue weighted by Gasteiger charge is 2.52. The molecule has 0 aromatic heterocycles. The molecule has 2 fully saturated rings. The third kappa shape index (κ3) is 5.78. The summed E-state index contributed by atoms with van der Waals surface area (Å²) in [6.45, 7) is 0.183. The molecule has 9 nitrogen and oxygen atoms in total. The summed E-state index contributed by atoms with van der Waals surface area (Å²) in [6, 6.07) is 15.9. The average Bonchev–Trinajstić information content (AvgIpc) is 2.83. The SMILES string of the molecule is COc1ccc(C=N[C@@H]2[C@@H](OC)O[C@H]3CO[C@H](c4ccccc4)O[C@@H]3[C@H]2OS(C)(=O)=O)cc1. The van der Waals surface area contributed by atoms with Crippen LogP contribution in [-0.4, -0.2) is 72.4 Å². The van der Waals surface area contributed by atoms with Crippen molar-refractivity contribution in [3.8, 4) is 5.75 Å². The van der Waals surface area contributed by atoms with E-state index >= 15 is 0 Å². The minimum atomic E-state index is -3.84. The molecule has 10 heteroatoms. The minimum Gasteiger partial charge on any atom is -0.497 e. The van der Waals surface area contributed by atoms with E-state index in [1.54, 1.807) is 25.5 Å². The number of nitrogens with zero attached hydrogens (tertiary/aromatic N) is 1. The van der Waals surface area contributed by atoms with E-state index in [0.29, 0.717) is 5.75 Å². The molecule has 2 aromatic rings. The van der Waals surface area contributed by atoms with Gasteiger partial charge in [0, 0.05) is 18.9 Å². The van der Waals surface area contributed by atoms with Crippen molar-refractivity contribution < 1.29 is 36.3 Å². The van der Waals surface area contributed by atoms with Crippen LogP contribution in [0.2, 0.25) is 0 Å². The molecule has 2 aliphatic heterocycles.